The first-order valence-electron chi connectivity index (χ1n) is 16.3. The van der Waals surface area contributed by atoms with Crippen LogP contribution in [0.25, 0.3) is 60.2 Å². The van der Waals surface area contributed by atoms with Crippen molar-refractivity contribution in [3.8, 4) is 17.2 Å². The van der Waals surface area contributed by atoms with E-state index in [1.807, 2.05) is 48.5 Å². The average Bonchev–Trinajstić information content (AvgIpc) is 3.15. The summed E-state index contributed by atoms with van der Waals surface area (Å²) in [5.41, 5.74) is 8.50. The molecule has 0 saturated carbocycles. The van der Waals surface area contributed by atoms with E-state index in [1.165, 1.54) is 37.8 Å². The van der Waals surface area contributed by atoms with Crippen molar-refractivity contribution in [1.29, 1.82) is 0 Å². The number of ether oxygens (including phenoxy) is 1. The van der Waals surface area contributed by atoms with Crippen molar-refractivity contribution >= 4 is 87.5 Å². The van der Waals surface area contributed by atoms with Gasteiger partial charge in [-0.05, 0) is 76.8 Å². The zero-order valence-electron chi connectivity index (χ0n) is 26.2. The van der Waals surface area contributed by atoms with E-state index in [-0.39, 0.29) is 0 Å². The third-order valence-electron chi connectivity index (χ3n) is 9.47. The number of nitrogens with zero attached hydrogens (tertiary/aromatic N) is 2. The number of hydrogen-bond acceptors (Lipinski definition) is 3. The Kier molecular flexibility index (Phi) is 6.30. The lowest BCUT2D eigenvalue weighted by Gasteiger charge is -2.33. The molecular formula is C44H27BrN2O2. The van der Waals surface area contributed by atoms with E-state index < -0.39 is 0 Å². The summed E-state index contributed by atoms with van der Waals surface area (Å²) in [6, 6.07) is 56.6. The highest BCUT2D eigenvalue weighted by Crippen LogP contribution is 2.52. The molecule has 8 aromatic carbocycles. The van der Waals surface area contributed by atoms with Crippen molar-refractivity contribution in [3.05, 3.63) is 168 Å². The van der Waals surface area contributed by atoms with Crippen molar-refractivity contribution in [3.63, 3.8) is 0 Å². The molecule has 11 rings (SSSR count). The van der Waals surface area contributed by atoms with Gasteiger partial charge in [0.15, 0.2) is 22.7 Å². The minimum absolute atomic E-state index is 0.866. The van der Waals surface area contributed by atoms with Gasteiger partial charge in [-0.2, -0.15) is 0 Å². The topological polar surface area (TPSA) is 30.5 Å². The molecule has 3 aliphatic rings. The fourth-order valence-electron chi connectivity index (χ4n) is 7.43. The predicted octanol–water partition coefficient (Wildman–Crippen LogP) is 13.3. The lowest BCUT2D eigenvalue weighted by molar-refractivity contribution is 0.477. The van der Waals surface area contributed by atoms with Gasteiger partial charge in [-0.25, -0.2) is 0 Å². The van der Waals surface area contributed by atoms with Gasteiger partial charge in [0.05, 0.1) is 33.8 Å². The van der Waals surface area contributed by atoms with Gasteiger partial charge in [-0.1, -0.05) is 119 Å². The quantitative estimate of drug-likeness (QED) is 0.127. The molecule has 0 amide bonds. The van der Waals surface area contributed by atoms with Gasteiger partial charge in [-0.3, -0.25) is 0 Å². The summed E-state index contributed by atoms with van der Waals surface area (Å²) in [7, 11) is 0. The maximum absolute atomic E-state index is 6.19. The second-order valence-electron chi connectivity index (χ2n) is 12.2. The van der Waals surface area contributed by atoms with Crippen molar-refractivity contribution in [2.75, 3.05) is 4.90 Å². The number of halogens is 1. The molecular weight excluding hydrogens is 668 g/mol. The van der Waals surface area contributed by atoms with Crippen molar-refractivity contribution in [2.45, 2.75) is 0 Å². The third-order valence-corrected chi connectivity index (χ3v) is 10.1. The number of benzene rings is 8. The van der Waals surface area contributed by atoms with Crippen LogP contribution in [0.3, 0.4) is 0 Å². The highest BCUT2D eigenvalue weighted by Gasteiger charge is 2.27. The van der Waals surface area contributed by atoms with Gasteiger partial charge >= 0.3 is 0 Å². The Hall–Kier alpha value is -6.04. The molecule has 0 unspecified atom stereocenters. The fraction of sp³-hybridized carbons (Fsp3) is 0. The first kappa shape index (κ1) is 28.0. The second-order valence-corrected chi connectivity index (χ2v) is 13.1. The number of hydrogen-bond donors (Lipinski definition) is 0. The smallest absolute Gasteiger partial charge is 0.152 e. The Morgan fingerprint density at radius 2 is 0.980 bits per heavy atom. The Labute approximate surface area is 290 Å². The van der Waals surface area contributed by atoms with E-state index in [0.717, 1.165) is 55.4 Å². The third kappa shape index (κ3) is 4.29. The van der Waals surface area contributed by atoms with Crippen LogP contribution < -0.4 is 9.64 Å². The molecule has 0 spiro atoms. The number of anilines is 3. The van der Waals surface area contributed by atoms with E-state index in [0.29, 0.717) is 0 Å². The molecule has 0 aromatic heterocycles. The average molecular weight is 696 g/mol. The fourth-order valence-corrected chi connectivity index (χ4v) is 8.01. The standard InChI is InChI=1S/C22H14BrNO.C22H13NO/c23-16-9-5-7-15-8-6-12-19(22(15)16)24-17-10-1-3-13-20(17)25-21-14-4-2-11-18(21)24;1-2-12-19-17(10-1)23-18-11-4-7-14-6-3-8-15(21(14)18)16-9-5-13-20(24-19)22(16)23/h1-14H;1-13H. The first-order chi connectivity index (χ1) is 24.2. The van der Waals surface area contributed by atoms with Gasteiger partial charge in [0.25, 0.3) is 0 Å². The summed E-state index contributed by atoms with van der Waals surface area (Å²) in [4.78, 5) is 2.28. The monoisotopic (exact) mass is 694 g/mol. The molecule has 0 atom stereocenters. The van der Waals surface area contributed by atoms with Crippen LogP contribution in [0, 0.1) is 0 Å². The number of rotatable bonds is 1. The van der Waals surface area contributed by atoms with Crippen LogP contribution in [0.2, 0.25) is 0 Å². The van der Waals surface area contributed by atoms with Crippen LogP contribution >= 0.6 is 15.9 Å². The van der Waals surface area contributed by atoms with Crippen LogP contribution in [0.5, 0.6) is 11.5 Å². The number of aromatic nitrogens is 1. The van der Waals surface area contributed by atoms with Crippen molar-refractivity contribution < 1.29 is 9.15 Å². The van der Waals surface area contributed by atoms with E-state index >= 15 is 0 Å². The van der Waals surface area contributed by atoms with E-state index in [2.05, 4.69) is 141 Å². The minimum atomic E-state index is 0.866. The highest BCUT2D eigenvalue weighted by molar-refractivity contribution is 9.10. The largest absolute Gasteiger partial charge is 0.453 e. The summed E-state index contributed by atoms with van der Waals surface area (Å²) < 4.78 is 15.7. The zero-order chi connectivity index (χ0) is 32.5. The zero-order valence-corrected chi connectivity index (χ0v) is 27.8. The molecule has 8 aromatic rings. The molecule has 3 heterocycles. The van der Waals surface area contributed by atoms with E-state index in [1.54, 1.807) is 0 Å². The minimum Gasteiger partial charge on any atom is -0.453 e. The molecule has 0 fully saturated rings. The number of pyridine rings is 1. The van der Waals surface area contributed by atoms with Gasteiger partial charge in [0.1, 0.15) is 0 Å². The number of para-hydroxylation sites is 7. The highest BCUT2D eigenvalue weighted by atomic mass is 79.9. The van der Waals surface area contributed by atoms with Gasteiger partial charge in [0.2, 0.25) is 0 Å². The summed E-state index contributed by atoms with van der Waals surface area (Å²) in [6.45, 7) is 0. The molecule has 232 valence electrons. The molecule has 0 bridgehead atoms. The van der Waals surface area contributed by atoms with Crippen LogP contribution in [0.15, 0.2) is 173 Å². The Balaban J connectivity index is 0.000000125. The SMILES string of the molecule is Brc1cccc2cccc(N3c4ccccc4Oc4ccccc43)c12.c1ccc2c(c1)oc1cccc3c1-n2c1cccc2cccc3c21. The Morgan fingerprint density at radius 1 is 0.429 bits per heavy atom. The summed E-state index contributed by atoms with van der Waals surface area (Å²) in [5, 5.41) is 7.47. The molecule has 3 aliphatic heterocycles. The molecule has 49 heavy (non-hydrogen) atoms. The Bertz CT molecular complexity index is 2790. The van der Waals surface area contributed by atoms with Crippen LogP contribution in [-0.4, -0.2) is 4.57 Å². The van der Waals surface area contributed by atoms with Crippen molar-refractivity contribution in [1.82, 2.24) is 4.57 Å². The molecule has 0 radical (unpaired) electrons. The lowest BCUT2D eigenvalue weighted by Crippen LogP contribution is -2.16. The van der Waals surface area contributed by atoms with Crippen LogP contribution in [-0.2, 0) is 0 Å². The summed E-state index contributed by atoms with van der Waals surface area (Å²) >= 11 is 3.74. The van der Waals surface area contributed by atoms with Gasteiger partial charge < -0.3 is 18.6 Å². The van der Waals surface area contributed by atoms with Gasteiger partial charge in [0, 0.05) is 20.6 Å². The summed E-state index contributed by atoms with van der Waals surface area (Å²) in [6.07, 6.45) is 0. The maximum Gasteiger partial charge on any atom is 0.152 e. The van der Waals surface area contributed by atoms with Crippen LogP contribution in [0.4, 0.5) is 17.1 Å². The molecule has 0 N–H and O–H groups in total. The van der Waals surface area contributed by atoms with E-state index in [4.69, 9.17) is 9.15 Å². The molecule has 4 nitrogen and oxygen atoms in total. The molecule has 0 aliphatic carbocycles. The van der Waals surface area contributed by atoms with E-state index in [9.17, 15) is 0 Å². The normalized spacial score (nSPS) is 12.3. The lowest BCUT2D eigenvalue weighted by atomic mass is 9.98. The number of fused-ring (bicyclic) bond motifs is 7. The summed E-state index contributed by atoms with van der Waals surface area (Å²) in [5.74, 6) is 1.73. The Morgan fingerprint density at radius 3 is 1.78 bits per heavy atom. The second kappa shape index (κ2) is 11.0. The predicted molar refractivity (Wildman–Crippen MR) is 206 cm³/mol. The van der Waals surface area contributed by atoms with Crippen molar-refractivity contribution in [2.24, 2.45) is 0 Å². The molecule has 5 heteroatoms. The maximum atomic E-state index is 6.19. The first-order valence-corrected chi connectivity index (χ1v) is 17.1. The van der Waals surface area contributed by atoms with Gasteiger partial charge in [-0.15, -0.1) is 0 Å². The van der Waals surface area contributed by atoms with Crippen LogP contribution in [0.1, 0.15) is 0 Å². The molecule has 0 saturated heterocycles.